The molecule has 3 nitrogen and oxygen atoms in total. The van der Waals surface area contributed by atoms with E-state index in [1.807, 2.05) is 0 Å². The highest BCUT2D eigenvalue weighted by molar-refractivity contribution is 7.78. The van der Waals surface area contributed by atoms with Crippen molar-refractivity contribution in [3.8, 4) is 0 Å². The molecule has 1 aliphatic rings. The SMILES string of the molecule is O=C1CCCCCN1CN=C=S. The van der Waals surface area contributed by atoms with E-state index in [4.69, 9.17) is 0 Å². The number of aliphatic imine (C=N–C) groups is 1. The smallest absolute Gasteiger partial charge is 0.224 e. The molecule has 0 unspecified atom stereocenters. The minimum absolute atomic E-state index is 0.196. The van der Waals surface area contributed by atoms with Crippen LogP contribution in [0.4, 0.5) is 0 Å². The number of hydrogen-bond donors (Lipinski definition) is 0. The van der Waals surface area contributed by atoms with Crippen LogP contribution < -0.4 is 0 Å². The van der Waals surface area contributed by atoms with Crippen molar-refractivity contribution in [2.24, 2.45) is 4.99 Å². The van der Waals surface area contributed by atoms with Crippen molar-refractivity contribution >= 4 is 23.3 Å². The second-order valence-electron chi connectivity index (χ2n) is 2.86. The third kappa shape index (κ3) is 2.72. The average molecular weight is 184 g/mol. The van der Waals surface area contributed by atoms with Gasteiger partial charge in [0.1, 0.15) is 6.67 Å². The Balaban J connectivity index is 2.47. The molecule has 0 atom stereocenters. The molecular formula is C8H12N2OS. The van der Waals surface area contributed by atoms with E-state index in [1.54, 1.807) is 4.90 Å². The molecule has 1 fully saturated rings. The van der Waals surface area contributed by atoms with Crippen LogP contribution in [0.15, 0.2) is 4.99 Å². The summed E-state index contributed by atoms with van der Waals surface area (Å²) in [6.45, 7) is 1.21. The highest BCUT2D eigenvalue weighted by atomic mass is 32.1. The lowest BCUT2D eigenvalue weighted by molar-refractivity contribution is -0.130. The van der Waals surface area contributed by atoms with Gasteiger partial charge < -0.3 is 4.90 Å². The van der Waals surface area contributed by atoms with Gasteiger partial charge in [0.15, 0.2) is 0 Å². The Kier molecular flexibility index (Phi) is 3.91. The Hall–Kier alpha value is -0.730. The number of thiocarbonyl (C=S) groups is 1. The molecule has 66 valence electrons. The summed E-state index contributed by atoms with van der Waals surface area (Å²) in [6.07, 6.45) is 3.89. The van der Waals surface area contributed by atoms with Gasteiger partial charge in [0.25, 0.3) is 0 Å². The molecule has 1 amide bonds. The minimum atomic E-state index is 0.196. The summed E-state index contributed by atoms with van der Waals surface area (Å²) in [5.41, 5.74) is 0. The predicted molar refractivity (Wildman–Crippen MR) is 50.1 cm³/mol. The van der Waals surface area contributed by atoms with Gasteiger partial charge in [-0.2, -0.15) is 0 Å². The van der Waals surface area contributed by atoms with Crippen LogP contribution in [0.1, 0.15) is 25.7 Å². The molecule has 1 saturated heterocycles. The first-order valence-corrected chi connectivity index (χ1v) is 4.57. The van der Waals surface area contributed by atoms with Crippen LogP contribution in [0.2, 0.25) is 0 Å². The molecule has 0 aromatic heterocycles. The third-order valence-electron chi connectivity index (χ3n) is 1.98. The Morgan fingerprint density at radius 2 is 2.33 bits per heavy atom. The summed E-state index contributed by atoms with van der Waals surface area (Å²) in [6, 6.07) is 0. The van der Waals surface area contributed by atoms with Gasteiger partial charge in [0.2, 0.25) is 5.91 Å². The molecule has 0 aromatic carbocycles. The second-order valence-corrected chi connectivity index (χ2v) is 3.04. The fourth-order valence-corrected chi connectivity index (χ4v) is 1.36. The molecule has 0 radical (unpaired) electrons. The highest BCUT2D eigenvalue weighted by Crippen LogP contribution is 2.10. The molecule has 0 spiro atoms. The second kappa shape index (κ2) is 5.01. The summed E-state index contributed by atoms with van der Waals surface area (Å²) in [5, 5.41) is 2.27. The van der Waals surface area contributed by atoms with Gasteiger partial charge in [-0.3, -0.25) is 4.79 Å². The van der Waals surface area contributed by atoms with Crippen molar-refractivity contribution in [2.45, 2.75) is 25.7 Å². The summed E-state index contributed by atoms with van der Waals surface area (Å²) >= 11 is 4.44. The van der Waals surface area contributed by atoms with Crippen LogP contribution in [-0.4, -0.2) is 29.2 Å². The van der Waals surface area contributed by atoms with Gasteiger partial charge >= 0.3 is 0 Å². The van der Waals surface area contributed by atoms with Crippen molar-refractivity contribution in [1.29, 1.82) is 0 Å². The van der Waals surface area contributed by atoms with Gasteiger partial charge in [-0.05, 0) is 25.1 Å². The number of hydrogen-bond acceptors (Lipinski definition) is 3. The summed E-state index contributed by atoms with van der Waals surface area (Å²) in [7, 11) is 0. The van der Waals surface area contributed by atoms with Gasteiger partial charge in [-0.15, -0.1) is 0 Å². The first-order chi connectivity index (χ1) is 5.84. The molecule has 12 heavy (non-hydrogen) atoms. The maximum absolute atomic E-state index is 11.3. The highest BCUT2D eigenvalue weighted by Gasteiger charge is 2.14. The van der Waals surface area contributed by atoms with Crippen LogP contribution >= 0.6 is 12.2 Å². The lowest BCUT2D eigenvalue weighted by Crippen LogP contribution is -2.30. The minimum Gasteiger partial charge on any atom is -0.322 e. The number of carbonyl (C=O) groups excluding carboxylic acids is 1. The van der Waals surface area contributed by atoms with Crippen molar-refractivity contribution in [3.63, 3.8) is 0 Å². The zero-order chi connectivity index (χ0) is 8.81. The molecule has 0 N–H and O–H groups in total. The zero-order valence-corrected chi connectivity index (χ0v) is 7.77. The number of rotatable bonds is 2. The first-order valence-electron chi connectivity index (χ1n) is 4.16. The van der Waals surface area contributed by atoms with Crippen LogP contribution in [0.5, 0.6) is 0 Å². The molecule has 1 rings (SSSR count). The molecule has 0 bridgehead atoms. The maximum atomic E-state index is 11.3. The third-order valence-corrected chi connectivity index (χ3v) is 2.11. The molecular weight excluding hydrogens is 172 g/mol. The van der Waals surface area contributed by atoms with Crippen molar-refractivity contribution in [2.75, 3.05) is 13.2 Å². The van der Waals surface area contributed by atoms with Crippen molar-refractivity contribution in [1.82, 2.24) is 4.90 Å². The largest absolute Gasteiger partial charge is 0.322 e. The van der Waals surface area contributed by atoms with Gasteiger partial charge in [0.05, 0.1) is 5.16 Å². The van der Waals surface area contributed by atoms with Crippen LogP contribution in [0.3, 0.4) is 0 Å². The Morgan fingerprint density at radius 1 is 1.50 bits per heavy atom. The van der Waals surface area contributed by atoms with Crippen molar-refractivity contribution in [3.05, 3.63) is 0 Å². The fraction of sp³-hybridized carbons (Fsp3) is 0.750. The standard InChI is InChI=1S/C8H12N2OS/c11-8-4-2-1-3-5-10(8)6-9-7-12/h1-6H2. The molecule has 0 saturated carbocycles. The molecule has 0 aliphatic carbocycles. The van der Waals surface area contributed by atoms with Crippen molar-refractivity contribution < 1.29 is 4.79 Å². The van der Waals surface area contributed by atoms with E-state index in [-0.39, 0.29) is 5.91 Å². The van der Waals surface area contributed by atoms with Gasteiger partial charge in [-0.1, -0.05) is 6.42 Å². The van der Waals surface area contributed by atoms with E-state index >= 15 is 0 Å². The monoisotopic (exact) mass is 184 g/mol. The Bertz CT molecular complexity index is 211. The fourth-order valence-electron chi connectivity index (χ4n) is 1.30. The number of isothiocyanates is 1. The van der Waals surface area contributed by atoms with E-state index in [0.29, 0.717) is 13.1 Å². The zero-order valence-electron chi connectivity index (χ0n) is 6.95. The lowest BCUT2D eigenvalue weighted by Gasteiger charge is -2.16. The van der Waals surface area contributed by atoms with E-state index < -0.39 is 0 Å². The van der Waals surface area contributed by atoms with Crippen LogP contribution in [0, 0.1) is 0 Å². The average Bonchev–Trinajstić information content (AvgIpc) is 2.27. The molecule has 4 heteroatoms. The first kappa shape index (κ1) is 9.36. The van der Waals surface area contributed by atoms with Gasteiger partial charge in [0, 0.05) is 13.0 Å². The lowest BCUT2D eigenvalue weighted by atomic mass is 10.2. The Morgan fingerprint density at radius 3 is 3.08 bits per heavy atom. The topological polar surface area (TPSA) is 32.7 Å². The maximum Gasteiger partial charge on any atom is 0.224 e. The predicted octanol–water partition coefficient (Wildman–Crippen LogP) is 1.45. The number of nitrogens with zero attached hydrogens (tertiary/aromatic N) is 2. The molecule has 1 heterocycles. The van der Waals surface area contributed by atoms with E-state index in [2.05, 4.69) is 22.4 Å². The Labute approximate surface area is 77.5 Å². The summed E-state index contributed by atoms with van der Waals surface area (Å²) in [4.78, 5) is 16.8. The molecule has 0 aromatic rings. The van der Waals surface area contributed by atoms with Crippen LogP contribution in [-0.2, 0) is 4.79 Å². The number of likely N-dealkylation sites (tertiary alicyclic amines) is 1. The molecule has 1 aliphatic heterocycles. The summed E-state index contributed by atoms with van der Waals surface area (Å²) in [5.74, 6) is 0.196. The quantitative estimate of drug-likeness (QED) is 0.480. The van der Waals surface area contributed by atoms with E-state index in [9.17, 15) is 4.79 Å². The van der Waals surface area contributed by atoms with Crippen LogP contribution in [0.25, 0.3) is 0 Å². The van der Waals surface area contributed by atoms with E-state index in [0.717, 1.165) is 25.8 Å². The van der Waals surface area contributed by atoms with E-state index in [1.165, 1.54) is 0 Å². The summed E-state index contributed by atoms with van der Waals surface area (Å²) < 4.78 is 0. The normalized spacial score (nSPS) is 18.3. The number of carbonyl (C=O) groups is 1. The van der Waals surface area contributed by atoms with Gasteiger partial charge in [-0.25, -0.2) is 4.99 Å². The number of amides is 1.